The summed E-state index contributed by atoms with van der Waals surface area (Å²) in [5, 5.41) is 3.88. The number of carbonyl (C=O) groups excluding carboxylic acids is 1. The maximum Gasteiger partial charge on any atom is 0.251 e. The first kappa shape index (κ1) is 22.4. The molecule has 2 aromatic heterocycles. The normalized spacial score (nSPS) is 16.7. The predicted molar refractivity (Wildman–Crippen MR) is 124 cm³/mol. The Hall–Kier alpha value is -2.84. The second-order valence-corrected chi connectivity index (χ2v) is 9.07. The van der Waals surface area contributed by atoms with E-state index in [9.17, 15) is 4.79 Å². The first-order chi connectivity index (χ1) is 15.5. The van der Waals surface area contributed by atoms with Crippen molar-refractivity contribution >= 4 is 17.2 Å². The summed E-state index contributed by atoms with van der Waals surface area (Å²) in [7, 11) is 0. The summed E-state index contributed by atoms with van der Waals surface area (Å²) in [6, 6.07) is 5.30. The van der Waals surface area contributed by atoms with E-state index in [0.29, 0.717) is 23.6 Å². The maximum absolute atomic E-state index is 13.1. The van der Waals surface area contributed by atoms with Gasteiger partial charge in [-0.1, -0.05) is 6.92 Å². The van der Waals surface area contributed by atoms with Gasteiger partial charge in [0.2, 0.25) is 0 Å². The molecule has 0 aliphatic carbocycles. The van der Waals surface area contributed by atoms with Gasteiger partial charge in [0.05, 0.1) is 29.7 Å². The van der Waals surface area contributed by atoms with E-state index in [0.717, 1.165) is 42.1 Å². The fourth-order valence-corrected chi connectivity index (χ4v) is 4.33. The molecule has 1 unspecified atom stereocenters. The number of hydrogen-bond acceptors (Lipinski definition) is 7. The molecule has 32 heavy (non-hydrogen) atoms. The van der Waals surface area contributed by atoms with Gasteiger partial charge in [-0.05, 0) is 51.3 Å². The van der Waals surface area contributed by atoms with Crippen molar-refractivity contribution in [1.82, 2.24) is 20.3 Å². The molecule has 1 amide bonds. The van der Waals surface area contributed by atoms with E-state index in [1.165, 1.54) is 4.88 Å². The van der Waals surface area contributed by atoms with Crippen molar-refractivity contribution in [3.8, 4) is 16.3 Å². The van der Waals surface area contributed by atoms with Gasteiger partial charge in [-0.25, -0.2) is 4.98 Å². The van der Waals surface area contributed by atoms with Gasteiger partial charge in [-0.15, -0.1) is 11.3 Å². The van der Waals surface area contributed by atoms with Crippen molar-refractivity contribution in [3.05, 3.63) is 58.6 Å². The summed E-state index contributed by atoms with van der Waals surface area (Å²) in [4.78, 5) is 27.5. The molecule has 3 aromatic rings. The van der Waals surface area contributed by atoms with E-state index in [4.69, 9.17) is 9.47 Å². The molecular weight excluding hydrogens is 424 g/mol. The number of benzene rings is 1. The molecule has 1 N–H and O–H groups in total. The fraction of sp³-hybridized carbons (Fsp3) is 0.417. The van der Waals surface area contributed by atoms with Crippen molar-refractivity contribution < 1.29 is 14.3 Å². The second kappa shape index (κ2) is 10.2. The van der Waals surface area contributed by atoms with Crippen LogP contribution in [-0.4, -0.2) is 40.2 Å². The minimum absolute atomic E-state index is 0.0997. The largest absolute Gasteiger partial charge is 0.491 e. The van der Waals surface area contributed by atoms with Gasteiger partial charge >= 0.3 is 0 Å². The molecule has 1 aliphatic rings. The SMILES string of the molecule is CCc1cnc(-c2cc(OCC3CCCO3)cc(C(=O)N[C@H](C)c3cnc(C)cn3)c2)s1. The van der Waals surface area contributed by atoms with Crippen LogP contribution in [0.15, 0.2) is 36.8 Å². The average molecular weight is 453 g/mol. The summed E-state index contributed by atoms with van der Waals surface area (Å²) >= 11 is 1.63. The minimum atomic E-state index is -0.276. The molecule has 0 radical (unpaired) electrons. The van der Waals surface area contributed by atoms with Crippen LogP contribution in [0.3, 0.4) is 0 Å². The number of carbonyl (C=O) groups is 1. The molecule has 8 heteroatoms. The number of ether oxygens (including phenoxy) is 2. The Labute approximate surface area is 192 Å². The lowest BCUT2D eigenvalue weighted by atomic mass is 10.1. The van der Waals surface area contributed by atoms with E-state index in [1.807, 2.05) is 32.2 Å². The van der Waals surface area contributed by atoms with Gasteiger partial charge in [0.15, 0.2) is 0 Å². The zero-order chi connectivity index (χ0) is 22.5. The first-order valence-corrected chi connectivity index (χ1v) is 11.8. The van der Waals surface area contributed by atoms with Crippen molar-refractivity contribution in [2.75, 3.05) is 13.2 Å². The maximum atomic E-state index is 13.1. The van der Waals surface area contributed by atoms with Crippen LogP contribution in [0.25, 0.3) is 10.6 Å². The number of nitrogens with zero attached hydrogens (tertiary/aromatic N) is 3. The number of thiazole rings is 1. The van der Waals surface area contributed by atoms with Crippen LogP contribution in [0.4, 0.5) is 0 Å². The van der Waals surface area contributed by atoms with Crippen molar-refractivity contribution in [2.24, 2.45) is 0 Å². The predicted octanol–water partition coefficient (Wildman–Crippen LogP) is 4.52. The molecular formula is C24H28N4O3S. The Balaban J connectivity index is 1.56. The standard InChI is InChI=1S/C24H28N4O3S/c1-4-21-12-27-24(32-21)18-8-17(9-20(10-18)31-14-19-6-5-7-30-19)23(29)28-16(3)22-13-25-15(2)11-26-22/h8-13,16,19H,4-7,14H2,1-3H3,(H,28,29)/t16-,19?/m1/s1. The zero-order valence-corrected chi connectivity index (χ0v) is 19.4. The molecule has 4 rings (SSSR count). The summed E-state index contributed by atoms with van der Waals surface area (Å²) in [6.45, 7) is 7.13. The summed E-state index contributed by atoms with van der Waals surface area (Å²) < 4.78 is 11.7. The van der Waals surface area contributed by atoms with Crippen molar-refractivity contribution in [3.63, 3.8) is 0 Å². The number of hydrogen-bond donors (Lipinski definition) is 1. The minimum Gasteiger partial charge on any atom is -0.491 e. The zero-order valence-electron chi connectivity index (χ0n) is 18.6. The molecule has 0 saturated carbocycles. The van der Waals surface area contributed by atoms with Gasteiger partial charge < -0.3 is 14.8 Å². The third-order valence-corrected chi connectivity index (χ3v) is 6.56. The van der Waals surface area contributed by atoms with Crippen LogP contribution in [0.1, 0.15) is 59.4 Å². The highest BCUT2D eigenvalue weighted by Crippen LogP contribution is 2.30. The van der Waals surface area contributed by atoms with Crippen LogP contribution in [0, 0.1) is 6.92 Å². The molecule has 1 saturated heterocycles. The number of aromatic nitrogens is 3. The van der Waals surface area contributed by atoms with E-state index in [-0.39, 0.29) is 18.1 Å². The van der Waals surface area contributed by atoms with Gasteiger partial charge in [0, 0.05) is 35.0 Å². The van der Waals surface area contributed by atoms with Crippen molar-refractivity contribution in [1.29, 1.82) is 0 Å². The first-order valence-electron chi connectivity index (χ1n) is 11.0. The molecule has 1 aliphatic heterocycles. The average Bonchev–Trinajstić information content (AvgIpc) is 3.50. The summed E-state index contributed by atoms with van der Waals surface area (Å²) in [5.74, 6) is 0.440. The van der Waals surface area contributed by atoms with E-state index in [1.54, 1.807) is 29.8 Å². The monoisotopic (exact) mass is 452 g/mol. The Morgan fingerprint density at radius 2 is 2.12 bits per heavy atom. The Bertz CT molecular complexity index is 1060. The van der Waals surface area contributed by atoms with Crippen LogP contribution in [0.5, 0.6) is 5.75 Å². The van der Waals surface area contributed by atoms with Crippen molar-refractivity contribution in [2.45, 2.75) is 52.2 Å². The number of rotatable bonds is 8. The lowest BCUT2D eigenvalue weighted by molar-refractivity contribution is 0.0679. The molecule has 3 heterocycles. The quantitative estimate of drug-likeness (QED) is 0.541. The topological polar surface area (TPSA) is 86.2 Å². The number of aryl methyl sites for hydroxylation is 2. The number of amides is 1. The highest BCUT2D eigenvalue weighted by Gasteiger charge is 2.19. The second-order valence-electron chi connectivity index (χ2n) is 7.96. The van der Waals surface area contributed by atoms with E-state index in [2.05, 4.69) is 27.2 Å². The third-order valence-electron chi connectivity index (χ3n) is 5.37. The van der Waals surface area contributed by atoms with Crippen LogP contribution in [0.2, 0.25) is 0 Å². The third kappa shape index (κ3) is 5.49. The highest BCUT2D eigenvalue weighted by molar-refractivity contribution is 7.15. The van der Waals surface area contributed by atoms with E-state index < -0.39 is 0 Å². The molecule has 7 nitrogen and oxygen atoms in total. The lowest BCUT2D eigenvalue weighted by Gasteiger charge is -2.16. The molecule has 1 fully saturated rings. The summed E-state index contributed by atoms with van der Waals surface area (Å²) in [5.41, 5.74) is 2.93. The van der Waals surface area contributed by atoms with Gasteiger partial charge in [0.25, 0.3) is 5.91 Å². The molecule has 0 bridgehead atoms. The van der Waals surface area contributed by atoms with E-state index >= 15 is 0 Å². The molecule has 0 spiro atoms. The molecule has 2 atom stereocenters. The molecule has 1 aromatic carbocycles. The van der Waals surface area contributed by atoms with Crippen LogP contribution >= 0.6 is 11.3 Å². The number of nitrogens with one attached hydrogen (secondary N) is 1. The lowest BCUT2D eigenvalue weighted by Crippen LogP contribution is -2.27. The molecule has 168 valence electrons. The Morgan fingerprint density at radius 1 is 1.25 bits per heavy atom. The Morgan fingerprint density at radius 3 is 2.81 bits per heavy atom. The fourth-order valence-electron chi connectivity index (χ4n) is 3.49. The van der Waals surface area contributed by atoms with Crippen LogP contribution in [-0.2, 0) is 11.2 Å². The van der Waals surface area contributed by atoms with Crippen LogP contribution < -0.4 is 10.1 Å². The Kier molecular flexibility index (Phi) is 7.12. The smallest absolute Gasteiger partial charge is 0.251 e. The van der Waals surface area contributed by atoms with Gasteiger partial charge in [0.1, 0.15) is 17.4 Å². The van der Waals surface area contributed by atoms with Gasteiger partial charge in [-0.2, -0.15) is 0 Å². The highest BCUT2D eigenvalue weighted by atomic mass is 32.1. The summed E-state index contributed by atoms with van der Waals surface area (Å²) in [6.07, 6.45) is 8.35. The van der Waals surface area contributed by atoms with Gasteiger partial charge in [-0.3, -0.25) is 14.8 Å².